The predicted molar refractivity (Wildman–Crippen MR) is 125 cm³/mol. The van der Waals surface area contributed by atoms with E-state index >= 15 is 4.39 Å². The fraction of sp³-hybridized carbons (Fsp3) is 0.120. The molecule has 1 heterocycles. The molecule has 1 N–H and O–H groups in total. The van der Waals surface area contributed by atoms with Crippen molar-refractivity contribution in [3.63, 3.8) is 0 Å². The molecule has 0 radical (unpaired) electrons. The Bertz CT molecular complexity index is 1540. The van der Waals surface area contributed by atoms with Crippen LogP contribution in [0, 0.1) is 25.1 Å². The molecule has 0 aliphatic heterocycles. The highest BCUT2D eigenvalue weighted by molar-refractivity contribution is 7.91. The first-order chi connectivity index (χ1) is 15.8. The van der Waals surface area contributed by atoms with Gasteiger partial charge in [0.05, 0.1) is 22.3 Å². The third-order valence-corrected chi connectivity index (χ3v) is 7.01. The molecule has 0 atom stereocenters. The second-order valence-electron chi connectivity index (χ2n) is 7.45. The summed E-state index contributed by atoms with van der Waals surface area (Å²) in [5, 5.41) is 0.425. The van der Waals surface area contributed by atoms with Crippen LogP contribution in [0.4, 0.5) is 10.1 Å². The highest BCUT2D eigenvalue weighted by atomic mass is 32.2. The second-order valence-corrected chi connectivity index (χ2v) is 9.37. The first-order valence-electron chi connectivity index (χ1n) is 10.1. The molecule has 0 aliphatic carbocycles. The molecule has 166 valence electrons. The van der Waals surface area contributed by atoms with Crippen LogP contribution >= 0.6 is 0 Å². The average molecular weight is 462 g/mol. The van der Waals surface area contributed by atoms with E-state index in [9.17, 15) is 13.2 Å². The largest absolute Gasteiger partial charge is 0.356 e. The summed E-state index contributed by atoms with van der Waals surface area (Å²) in [6, 6.07) is 16.9. The molecule has 3 aromatic carbocycles. The van der Waals surface area contributed by atoms with Crippen molar-refractivity contribution in [1.82, 2.24) is 9.97 Å². The van der Waals surface area contributed by atoms with Crippen LogP contribution in [0.1, 0.15) is 11.4 Å². The van der Waals surface area contributed by atoms with E-state index in [2.05, 4.69) is 15.9 Å². The predicted octanol–water partition coefficient (Wildman–Crippen LogP) is 3.84. The van der Waals surface area contributed by atoms with Gasteiger partial charge in [-0.25, -0.2) is 17.8 Å². The average Bonchev–Trinajstić information content (AvgIpc) is 2.79. The first kappa shape index (κ1) is 22.2. The maximum atomic E-state index is 15.0. The number of hydrogen-bond acceptors (Lipinski definition) is 5. The van der Waals surface area contributed by atoms with Crippen molar-refractivity contribution in [2.75, 3.05) is 11.4 Å². The van der Waals surface area contributed by atoms with Crippen LogP contribution < -0.4 is 10.5 Å². The van der Waals surface area contributed by atoms with E-state index in [0.717, 1.165) is 6.07 Å². The van der Waals surface area contributed by atoms with Gasteiger partial charge in [-0.1, -0.05) is 36.3 Å². The summed E-state index contributed by atoms with van der Waals surface area (Å²) < 4.78 is 40.7. The van der Waals surface area contributed by atoms with Gasteiger partial charge < -0.3 is 9.88 Å². The lowest BCUT2D eigenvalue weighted by molar-refractivity contribution is 0.566. The van der Waals surface area contributed by atoms with Gasteiger partial charge in [0, 0.05) is 12.2 Å². The molecule has 6 nitrogen and oxygen atoms in total. The van der Waals surface area contributed by atoms with Gasteiger partial charge in [-0.15, -0.1) is 6.42 Å². The number of aromatic nitrogens is 2. The molecule has 0 aliphatic rings. The molecule has 0 unspecified atom stereocenters. The molecule has 0 saturated heterocycles. The number of hydrogen-bond donors (Lipinski definition) is 1. The van der Waals surface area contributed by atoms with Crippen molar-refractivity contribution in [2.24, 2.45) is 0 Å². The highest BCUT2D eigenvalue weighted by Gasteiger charge is 2.23. The Morgan fingerprint density at radius 2 is 1.85 bits per heavy atom. The molecule has 0 fully saturated rings. The van der Waals surface area contributed by atoms with E-state index in [1.165, 1.54) is 24.3 Å². The summed E-state index contributed by atoms with van der Waals surface area (Å²) in [6.07, 6.45) is 5.53. The van der Waals surface area contributed by atoms with Crippen LogP contribution in [-0.2, 0) is 16.4 Å². The van der Waals surface area contributed by atoms with E-state index in [4.69, 9.17) is 6.42 Å². The zero-order valence-corrected chi connectivity index (χ0v) is 18.6. The minimum absolute atomic E-state index is 0.00917. The van der Waals surface area contributed by atoms with Crippen LogP contribution in [0.2, 0.25) is 0 Å². The molecule has 1 aromatic heterocycles. The minimum atomic E-state index is -4.01. The van der Waals surface area contributed by atoms with E-state index in [0.29, 0.717) is 28.0 Å². The fourth-order valence-electron chi connectivity index (χ4n) is 3.69. The van der Waals surface area contributed by atoms with Crippen LogP contribution in [-0.4, -0.2) is 24.9 Å². The summed E-state index contributed by atoms with van der Waals surface area (Å²) in [6.45, 7) is 2.03. The Kier molecular flexibility index (Phi) is 5.99. The summed E-state index contributed by atoms with van der Waals surface area (Å²) >= 11 is 0. The molecule has 0 amide bonds. The number of sulfone groups is 1. The van der Waals surface area contributed by atoms with Crippen molar-refractivity contribution in [3.8, 4) is 12.3 Å². The van der Waals surface area contributed by atoms with Gasteiger partial charge in [-0.2, -0.15) is 0 Å². The van der Waals surface area contributed by atoms with Crippen LogP contribution in [0.5, 0.6) is 0 Å². The van der Waals surface area contributed by atoms with Gasteiger partial charge in [0.1, 0.15) is 16.5 Å². The van der Waals surface area contributed by atoms with Crippen LogP contribution in [0.25, 0.3) is 10.9 Å². The maximum Gasteiger partial charge on any atom is 0.259 e. The van der Waals surface area contributed by atoms with Gasteiger partial charge in [-0.05, 0) is 48.9 Å². The Balaban J connectivity index is 1.73. The number of benzene rings is 3. The molecule has 0 saturated carbocycles. The van der Waals surface area contributed by atoms with Crippen molar-refractivity contribution in [3.05, 3.63) is 94.3 Å². The monoisotopic (exact) mass is 461 g/mol. The third kappa shape index (κ3) is 4.36. The van der Waals surface area contributed by atoms with Crippen LogP contribution in [0.15, 0.2) is 81.3 Å². The summed E-state index contributed by atoms with van der Waals surface area (Å²) in [7, 11) is -4.01. The zero-order chi connectivity index (χ0) is 23.6. The van der Waals surface area contributed by atoms with E-state index in [1.807, 2.05) is 0 Å². The fourth-order valence-corrected chi connectivity index (χ4v) is 5.03. The Morgan fingerprint density at radius 3 is 2.55 bits per heavy atom. The van der Waals surface area contributed by atoms with Gasteiger partial charge >= 0.3 is 0 Å². The van der Waals surface area contributed by atoms with E-state index in [-0.39, 0.29) is 23.5 Å². The minimum Gasteiger partial charge on any atom is -0.356 e. The third-order valence-electron chi connectivity index (χ3n) is 5.21. The zero-order valence-electron chi connectivity index (χ0n) is 17.7. The number of aromatic amines is 1. The van der Waals surface area contributed by atoms with E-state index in [1.54, 1.807) is 48.2 Å². The lowest BCUT2D eigenvalue weighted by atomic mass is 10.1. The SMILES string of the molecule is C#CCN(Cc1cccc2nc(C)[nH]c(=O)c12)c1ccc(S(=O)(=O)c2ccccc2)c(F)c1. The van der Waals surface area contributed by atoms with Crippen LogP contribution in [0.3, 0.4) is 0 Å². The molecule has 4 rings (SSSR count). The lowest BCUT2D eigenvalue weighted by Crippen LogP contribution is -2.24. The van der Waals surface area contributed by atoms with E-state index < -0.39 is 20.5 Å². The number of nitrogens with zero attached hydrogens (tertiary/aromatic N) is 2. The maximum absolute atomic E-state index is 15.0. The number of rotatable bonds is 6. The number of terminal acetylenes is 1. The Labute approximate surface area is 190 Å². The smallest absolute Gasteiger partial charge is 0.259 e. The number of anilines is 1. The van der Waals surface area contributed by atoms with Gasteiger partial charge in [0.25, 0.3) is 5.56 Å². The quantitative estimate of drug-likeness (QED) is 0.441. The topological polar surface area (TPSA) is 83.1 Å². The number of halogens is 1. The van der Waals surface area contributed by atoms with Gasteiger partial charge in [0.15, 0.2) is 0 Å². The number of fused-ring (bicyclic) bond motifs is 1. The van der Waals surface area contributed by atoms with Crippen molar-refractivity contribution >= 4 is 26.4 Å². The molecule has 8 heteroatoms. The molecule has 4 aromatic rings. The number of nitrogens with one attached hydrogen (secondary N) is 1. The van der Waals surface area contributed by atoms with Gasteiger partial charge in [-0.3, -0.25) is 4.79 Å². The van der Waals surface area contributed by atoms with Crippen molar-refractivity contribution in [1.29, 1.82) is 0 Å². The second kappa shape index (κ2) is 8.88. The highest BCUT2D eigenvalue weighted by Crippen LogP contribution is 2.28. The molecular weight excluding hydrogens is 441 g/mol. The molecule has 0 spiro atoms. The molecular formula is C25H20FN3O3S. The Morgan fingerprint density at radius 1 is 1.09 bits per heavy atom. The molecule has 33 heavy (non-hydrogen) atoms. The Hall–Kier alpha value is -3.96. The number of aryl methyl sites for hydroxylation is 1. The first-order valence-corrected chi connectivity index (χ1v) is 11.6. The number of H-pyrrole nitrogens is 1. The normalized spacial score (nSPS) is 11.3. The van der Waals surface area contributed by atoms with Crippen molar-refractivity contribution < 1.29 is 12.8 Å². The van der Waals surface area contributed by atoms with Crippen molar-refractivity contribution in [2.45, 2.75) is 23.3 Å². The van der Waals surface area contributed by atoms with Gasteiger partial charge in [0.2, 0.25) is 9.84 Å². The standard InChI is InChI=1S/C25H20FN3O3S/c1-3-14-29(16-18-8-7-11-22-24(18)25(30)28-17(2)27-22)19-12-13-23(21(26)15-19)33(31,32)20-9-5-4-6-10-20/h1,4-13,15H,14,16H2,2H3,(H,27,28,30). The molecule has 0 bridgehead atoms. The summed E-state index contributed by atoms with van der Waals surface area (Å²) in [5.74, 6) is 2.15. The summed E-state index contributed by atoms with van der Waals surface area (Å²) in [5.41, 5.74) is 1.33. The summed E-state index contributed by atoms with van der Waals surface area (Å²) in [4.78, 5) is 20.9. The lowest BCUT2D eigenvalue weighted by Gasteiger charge is -2.23.